The van der Waals surface area contributed by atoms with Crippen molar-refractivity contribution in [2.75, 3.05) is 4.90 Å². The zero-order valence-electron chi connectivity index (χ0n) is 17.0. The summed E-state index contributed by atoms with van der Waals surface area (Å²) in [6.07, 6.45) is 7.94. The zero-order chi connectivity index (χ0) is 20.4. The summed E-state index contributed by atoms with van der Waals surface area (Å²) >= 11 is 0. The van der Waals surface area contributed by atoms with Crippen molar-refractivity contribution in [3.63, 3.8) is 0 Å². The van der Waals surface area contributed by atoms with Gasteiger partial charge in [-0.05, 0) is 60.6 Å². The minimum absolute atomic E-state index is 0.0890. The first-order chi connectivity index (χ1) is 14.6. The van der Waals surface area contributed by atoms with Gasteiger partial charge in [0.2, 0.25) is 5.91 Å². The van der Waals surface area contributed by atoms with Crippen LogP contribution in [0.2, 0.25) is 0 Å². The summed E-state index contributed by atoms with van der Waals surface area (Å²) in [6.45, 7) is 2.14. The molecule has 1 aliphatic carbocycles. The van der Waals surface area contributed by atoms with Crippen LogP contribution in [0, 0.1) is 18.8 Å². The Balaban J connectivity index is 1.40. The summed E-state index contributed by atoms with van der Waals surface area (Å²) in [5.41, 5.74) is 7.53. The Kier molecular flexibility index (Phi) is 3.66. The van der Waals surface area contributed by atoms with Crippen molar-refractivity contribution in [1.29, 1.82) is 0 Å². The summed E-state index contributed by atoms with van der Waals surface area (Å²) < 4.78 is 1.82. The third kappa shape index (κ3) is 2.60. The van der Waals surface area contributed by atoms with Crippen LogP contribution in [0.25, 0.3) is 22.2 Å². The number of aryl methyl sites for hydroxylation is 2. The van der Waals surface area contributed by atoms with Crippen molar-refractivity contribution in [1.82, 2.24) is 19.7 Å². The largest absolute Gasteiger partial charge is 0.345 e. The predicted molar refractivity (Wildman–Crippen MR) is 116 cm³/mol. The van der Waals surface area contributed by atoms with Gasteiger partial charge in [0.25, 0.3) is 0 Å². The van der Waals surface area contributed by atoms with E-state index in [4.69, 9.17) is 0 Å². The van der Waals surface area contributed by atoms with Crippen LogP contribution in [0.15, 0.2) is 55.1 Å². The number of anilines is 1. The highest BCUT2D eigenvalue weighted by molar-refractivity contribution is 6.04. The number of β-lactam (4-membered cyclic amide) rings is 1. The fourth-order valence-corrected chi connectivity index (χ4v) is 4.90. The molecule has 1 N–H and O–H groups in total. The van der Waals surface area contributed by atoms with Gasteiger partial charge in [0.1, 0.15) is 0 Å². The lowest BCUT2D eigenvalue weighted by Crippen LogP contribution is -2.56. The van der Waals surface area contributed by atoms with E-state index in [0.29, 0.717) is 5.92 Å². The van der Waals surface area contributed by atoms with E-state index in [2.05, 4.69) is 40.2 Å². The van der Waals surface area contributed by atoms with Crippen molar-refractivity contribution in [2.24, 2.45) is 18.9 Å². The summed E-state index contributed by atoms with van der Waals surface area (Å²) in [4.78, 5) is 22.6. The number of imidazole rings is 1. The third-order valence-electron chi connectivity index (χ3n) is 6.56. The van der Waals surface area contributed by atoms with E-state index in [-0.39, 0.29) is 17.9 Å². The fraction of sp³-hybridized carbons (Fsp3) is 0.292. The topological polar surface area (TPSA) is 66.8 Å². The van der Waals surface area contributed by atoms with Gasteiger partial charge in [-0.15, -0.1) is 0 Å². The molecule has 1 saturated carbocycles. The van der Waals surface area contributed by atoms with Gasteiger partial charge in [-0.3, -0.25) is 9.48 Å². The molecule has 2 aliphatic rings. The first-order valence-electron chi connectivity index (χ1n) is 10.5. The fourth-order valence-electron chi connectivity index (χ4n) is 4.90. The van der Waals surface area contributed by atoms with Gasteiger partial charge < -0.3 is 9.88 Å². The number of nitrogens with one attached hydrogen (secondary N) is 1. The van der Waals surface area contributed by atoms with Gasteiger partial charge in [-0.1, -0.05) is 18.2 Å². The van der Waals surface area contributed by atoms with E-state index in [1.165, 1.54) is 16.7 Å². The summed E-state index contributed by atoms with van der Waals surface area (Å²) in [5.74, 6) is 0.856. The molecule has 30 heavy (non-hydrogen) atoms. The molecule has 0 radical (unpaired) electrons. The predicted octanol–water partition coefficient (Wildman–Crippen LogP) is 4.39. The molecule has 1 aliphatic heterocycles. The van der Waals surface area contributed by atoms with E-state index < -0.39 is 0 Å². The molecule has 0 unspecified atom stereocenters. The van der Waals surface area contributed by atoms with Crippen LogP contribution in [0.4, 0.5) is 5.69 Å². The van der Waals surface area contributed by atoms with Crippen LogP contribution in [0.3, 0.4) is 0 Å². The highest BCUT2D eigenvalue weighted by Gasteiger charge is 2.55. The van der Waals surface area contributed by atoms with Crippen LogP contribution in [-0.2, 0) is 11.8 Å². The van der Waals surface area contributed by atoms with Crippen molar-refractivity contribution in [3.05, 3.63) is 66.2 Å². The highest BCUT2D eigenvalue weighted by atomic mass is 16.2. The second-order valence-corrected chi connectivity index (χ2v) is 8.60. The average Bonchev–Trinajstić information content (AvgIpc) is 3.26. The second-order valence-electron chi connectivity index (χ2n) is 8.60. The molecule has 1 saturated heterocycles. The number of aromatic amines is 1. The molecule has 3 heterocycles. The van der Waals surface area contributed by atoms with Crippen molar-refractivity contribution in [2.45, 2.75) is 25.8 Å². The Labute approximate surface area is 174 Å². The molecule has 0 spiro atoms. The third-order valence-corrected chi connectivity index (χ3v) is 6.56. The quantitative estimate of drug-likeness (QED) is 0.520. The Hall–Kier alpha value is -3.41. The number of nitrogens with zero attached hydrogens (tertiary/aromatic N) is 4. The Morgan fingerprint density at radius 2 is 2.00 bits per heavy atom. The number of carbonyl (C=O) groups excluding carboxylic acids is 1. The number of fused-ring (bicyclic) bond motifs is 1. The Bertz CT molecular complexity index is 1280. The number of rotatable bonds is 4. The van der Waals surface area contributed by atoms with E-state index in [1.807, 2.05) is 47.2 Å². The SMILES string of the molecule is Cc1cc([C@H]2[C@@H](C3CC3)C(=O)N2c2ccc3nc[nH]c3c2)ccc1-c1cnn(C)c1. The number of hydrogen-bond acceptors (Lipinski definition) is 3. The van der Waals surface area contributed by atoms with E-state index in [1.54, 1.807) is 6.33 Å². The molecule has 2 aromatic carbocycles. The molecule has 1 amide bonds. The van der Waals surface area contributed by atoms with Crippen molar-refractivity contribution >= 4 is 22.6 Å². The summed E-state index contributed by atoms with van der Waals surface area (Å²) in [5, 5.41) is 4.30. The van der Waals surface area contributed by atoms with Crippen molar-refractivity contribution in [3.8, 4) is 11.1 Å². The maximum absolute atomic E-state index is 13.2. The van der Waals surface area contributed by atoms with Gasteiger partial charge in [0, 0.05) is 24.5 Å². The molecule has 2 fully saturated rings. The maximum atomic E-state index is 13.2. The lowest BCUT2D eigenvalue weighted by molar-refractivity contribution is -0.131. The first-order valence-corrected chi connectivity index (χ1v) is 10.5. The average molecular weight is 397 g/mol. The highest BCUT2D eigenvalue weighted by Crippen LogP contribution is 2.54. The van der Waals surface area contributed by atoms with Crippen molar-refractivity contribution < 1.29 is 4.79 Å². The zero-order valence-corrected chi connectivity index (χ0v) is 17.0. The van der Waals surface area contributed by atoms with Gasteiger partial charge in [0.05, 0.1) is 35.5 Å². The Morgan fingerprint density at radius 3 is 2.73 bits per heavy atom. The number of amides is 1. The summed E-state index contributed by atoms with van der Waals surface area (Å²) in [7, 11) is 1.93. The second kappa shape index (κ2) is 6.29. The monoisotopic (exact) mass is 397 g/mol. The smallest absolute Gasteiger partial charge is 0.233 e. The van der Waals surface area contributed by atoms with Crippen LogP contribution in [-0.4, -0.2) is 25.7 Å². The molecule has 2 aromatic heterocycles. The van der Waals surface area contributed by atoms with Crippen LogP contribution in [0.5, 0.6) is 0 Å². The van der Waals surface area contributed by atoms with E-state index in [0.717, 1.165) is 35.1 Å². The van der Waals surface area contributed by atoms with Gasteiger partial charge in [0.15, 0.2) is 0 Å². The van der Waals surface area contributed by atoms with E-state index in [9.17, 15) is 4.79 Å². The van der Waals surface area contributed by atoms with Crippen LogP contribution >= 0.6 is 0 Å². The minimum atomic E-state index is 0.0890. The molecule has 4 aromatic rings. The van der Waals surface area contributed by atoms with E-state index >= 15 is 0 Å². The number of H-pyrrole nitrogens is 1. The number of benzene rings is 2. The number of carbonyl (C=O) groups is 1. The Morgan fingerprint density at radius 1 is 1.13 bits per heavy atom. The standard InChI is InChI=1S/C24H23N5O/c1-14-9-16(5-7-19(14)17-11-27-28(2)12-17)23-22(15-3-4-15)24(30)29(23)18-6-8-20-21(10-18)26-13-25-20/h5-13,15,22-23H,3-4H2,1-2H3,(H,25,26)/t22-,23+/m1/s1. The molecule has 2 atom stereocenters. The molecule has 6 nitrogen and oxygen atoms in total. The molecular formula is C24H23N5O. The van der Waals surface area contributed by atoms with Gasteiger partial charge in [-0.2, -0.15) is 5.10 Å². The van der Waals surface area contributed by atoms with Crippen LogP contribution < -0.4 is 4.90 Å². The van der Waals surface area contributed by atoms with Crippen LogP contribution in [0.1, 0.15) is 30.0 Å². The summed E-state index contributed by atoms with van der Waals surface area (Å²) in [6, 6.07) is 12.7. The number of hydrogen-bond donors (Lipinski definition) is 1. The normalized spacial score (nSPS) is 21.3. The first kappa shape index (κ1) is 17.4. The number of aromatic nitrogens is 4. The molecule has 150 valence electrons. The minimum Gasteiger partial charge on any atom is -0.345 e. The molecule has 6 rings (SSSR count). The van der Waals surface area contributed by atoms with Gasteiger partial charge in [-0.25, -0.2) is 4.98 Å². The lowest BCUT2D eigenvalue weighted by Gasteiger charge is -2.48. The molecular weight excluding hydrogens is 374 g/mol. The molecule has 0 bridgehead atoms. The molecule has 6 heteroatoms. The maximum Gasteiger partial charge on any atom is 0.233 e. The van der Waals surface area contributed by atoms with Gasteiger partial charge >= 0.3 is 0 Å². The lowest BCUT2D eigenvalue weighted by atomic mass is 9.78.